The Labute approximate surface area is 151 Å². The van der Waals surface area contributed by atoms with Gasteiger partial charge in [-0.05, 0) is 37.1 Å². The van der Waals surface area contributed by atoms with Crippen molar-refractivity contribution in [3.8, 4) is 5.75 Å². The van der Waals surface area contributed by atoms with E-state index in [1.807, 2.05) is 6.92 Å². The molecule has 0 amide bonds. The molecule has 1 aromatic carbocycles. The summed E-state index contributed by atoms with van der Waals surface area (Å²) in [7, 11) is 0. The lowest BCUT2D eigenvalue weighted by atomic mass is 10.0. The molecule has 0 atom stereocenters. The summed E-state index contributed by atoms with van der Waals surface area (Å²) in [5, 5.41) is 10.9. The van der Waals surface area contributed by atoms with E-state index >= 15 is 0 Å². The number of hydrogen-bond acceptors (Lipinski definition) is 5. The number of rotatable bonds is 6. The molecule has 5 nitrogen and oxygen atoms in total. The summed E-state index contributed by atoms with van der Waals surface area (Å²) in [6.07, 6.45) is 5.63. The van der Waals surface area contributed by atoms with E-state index in [1.165, 1.54) is 12.2 Å². The largest absolute Gasteiger partial charge is 0.507 e. The van der Waals surface area contributed by atoms with Crippen LogP contribution >= 0.6 is 0 Å². The molecule has 0 bridgehead atoms. The molecule has 5 heteroatoms. The van der Waals surface area contributed by atoms with Gasteiger partial charge in [0, 0.05) is 6.42 Å². The van der Waals surface area contributed by atoms with Crippen LogP contribution in [-0.2, 0) is 11.2 Å². The van der Waals surface area contributed by atoms with E-state index in [0.717, 1.165) is 12.0 Å². The molecule has 136 valence electrons. The molecule has 2 rings (SSSR count). The maximum absolute atomic E-state index is 12.2. The third kappa shape index (κ3) is 4.30. The highest BCUT2D eigenvalue weighted by Crippen LogP contribution is 2.14. The first-order chi connectivity index (χ1) is 12.5. The van der Waals surface area contributed by atoms with Gasteiger partial charge in [0.25, 0.3) is 0 Å². The van der Waals surface area contributed by atoms with Gasteiger partial charge in [-0.3, -0.25) is 0 Å². The molecule has 0 fully saturated rings. The minimum Gasteiger partial charge on any atom is -0.507 e. The van der Waals surface area contributed by atoms with E-state index in [9.17, 15) is 14.7 Å². The van der Waals surface area contributed by atoms with Crippen molar-refractivity contribution in [2.45, 2.75) is 26.7 Å². The summed E-state index contributed by atoms with van der Waals surface area (Å²) in [5.74, 6) is -0.490. The van der Waals surface area contributed by atoms with E-state index in [1.54, 1.807) is 37.3 Å². The average Bonchev–Trinajstić information content (AvgIpc) is 2.64. The average molecular weight is 354 g/mol. The molecule has 0 saturated heterocycles. The predicted molar refractivity (Wildman–Crippen MR) is 101 cm³/mol. The fourth-order valence-electron chi connectivity index (χ4n) is 2.50. The fourth-order valence-corrected chi connectivity index (χ4v) is 2.50. The summed E-state index contributed by atoms with van der Waals surface area (Å²) in [5.41, 5.74) is 1.04. The van der Waals surface area contributed by atoms with E-state index in [-0.39, 0.29) is 29.1 Å². The van der Waals surface area contributed by atoms with Crippen molar-refractivity contribution < 1.29 is 19.1 Å². The Morgan fingerprint density at radius 2 is 2.00 bits per heavy atom. The zero-order chi connectivity index (χ0) is 19.1. The molecule has 0 saturated carbocycles. The smallest absolute Gasteiger partial charge is 0.343 e. The standard InChI is InChI=1S/C21H22O5/c1-4-7-18-16(6-3)19(22)17(21(24)26-18)13-14-8-10-15(11-9-14)20(23)25-12-5-2/h4,6-11,22H,1,5,12-13H2,2-3H3/b16-6+,18-7+. The predicted octanol–water partition coefficient (Wildman–Crippen LogP) is 2.27. The maximum Gasteiger partial charge on any atom is 0.343 e. The number of benzene rings is 1. The zero-order valence-electron chi connectivity index (χ0n) is 15.0. The quantitative estimate of drug-likeness (QED) is 0.806. The lowest BCUT2D eigenvalue weighted by Crippen LogP contribution is -2.31. The number of hydrogen-bond donors (Lipinski definition) is 1. The Bertz CT molecular complexity index is 965. The third-order valence-electron chi connectivity index (χ3n) is 3.82. The van der Waals surface area contributed by atoms with Crippen LogP contribution in [-0.4, -0.2) is 17.7 Å². The van der Waals surface area contributed by atoms with Gasteiger partial charge in [0.05, 0.1) is 23.0 Å². The van der Waals surface area contributed by atoms with Gasteiger partial charge < -0.3 is 14.3 Å². The van der Waals surface area contributed by atoms with E-state index < -0.39 is 5.63 Å². The number of carbonyl (C=O) groups is 1. The van der Waals surface area contributed by atoms with Crippen LogP contribution in [0.1, 0.15) is 41.8 Å². The molecule has 1 aromatic heterocycles. The van der Waals surface area contributed by atoms with Crippen LogP contribution in [0, 0.1) is 0 Å². The number of allylic oxidation sites excluding steroid dienone is 1. The normalized spacial score (nSPS) is 12.2. The van der Waals surface area contributed by atoms with E-state index in [4.69, 9.17) is 9.15 Å². The Hall–Kier alpha value is -3.08. The first-order valence-corrected chi connectivity index (χ1v) is 8.41. The molecule has 2 aromatic rings. The van der Waals surface area contributed by atoms with Crippen molar-refractivity contribution in [2.75, 3.05) is 6.61 Å². The van der Waals surface area contributed by atoms with Gasteiger partial charge in [-0.15, -0.1) is 0 Å². The van der Waals surface area contributed by atoms with Crippen LogP contribution < -0.4 is 16.3 Å². The number of esters is 1. The van der Waals surface area contributed by atoms with Crippen LogP contribution in [0.4, 0.5) is 0 Å². The van der Waals surface area contributed by atoms with Gasteiger partial charge in [-0.2, -0.15) is 0 Å². The zero-order valence-corrected chi connectivity index (χ0v) is 15.0. The summed E-state index contributed by atoms with van der Waals surface area (Å²) in [6.45, 7) is 7.62. The number of ether oxygens (including phenoxy) is 1. The molecular weight excluding hydrogens is 332 g/mol. The Morgan fingerprint density at radius 3 is 2.58 bits per heavy atom. The van der Waals surface area contributed by atoms with E-state index in [0.29, 0.717) is 17.4 Å². The van der Waals surface area contributed by atoms with Gasteiger partial charge in [0.15, 0.2) is 0 Å². The highest BCUT2D eigenvalue weighted by atomic mass is 16.5. The number of aromatic hydroxyl groups is 1. The molecule has 0 aliphatic rings. The molecule has 1 N–H and O–H groups in total. The molecule has 1 heterocycles. The molecule has 0 aliphatic carbocycles. The fraction of sp³-hybridized carbons (Fsp3) is 0.238. The first-order valence-electron chi connectivity index (χ1n) is 8.41. The molecule has 0 unspecified atom stereocenters. The van der Waals surface area contributed by atoms with Crippen molar-refractivity contribution in [3.05, 3.63) is 74.7 Å². The Balaban J connectivity index is 2.35. The van der Waals surface area contributed by atoms with Crippen molar-refractivity contribution >= 4 is 18.1 Å². The van der Waals surface area contributed by atoms with Crippen LogP contribution in [0.25, 0.3) is 12.2 Å². The van der Waals surface area contributed by atoms with Gasteiger partial charge in [-0.25, -0.2) is 9.59 Å². The van der Waals surface area contributed by atoms with Gasteiger partial charge in [-0.1, -0.05) is 37.8 Å². The second kappa shape index (κ2) is 8.85. The van der Waals surface area contributed by atoms with Gasteiger partial charge >= 0.3 is 11.6 Å². The van der Waals surface area contributed by atoms with Crippen molar-refractivity contribution in [2.24, 2.45) is 0 Å². The molecule has 0 aliphatic heterocycles. The topological polar surface area (TPSA) is 76.7 Å². The third-order valence-corrected chi connectivity index (χ3v) is 3.82. The second-order valence-corrected chi connectivity index (χ2v) is 5.70. The van der Waals surface area contributed by atoms with Crippen LogP contribution in [0.15, 0.2) is 46.1 Å². The lowest BCUT2D eigenvalue weighted by molar-refractivity contribution is 0.0505. The monoisotopic (exact) mass is 354 g/mol. The number of carbonyl (C=O) groups excluding carboxylic acids is 1. The lowest BCUT2D eigenvalue weighted by Gasteiger charge is -2.06. The van der Waals surface area contributed by atoms with Crippen molar-refractivity contribution in [1.29, 1.82) is 0 Å². The summed E-state index contributed by atoms with van der Waals surface area (Å²) in [4.78, 5) is 24.1. The maximum atomic E-state index is 12.2. The molecule has 0 spiro atoms. The highest BCUT2D eigenvalue weighted by molar-refractivity contribution is 5.89. The van der Waals surface area contributed by atoms with Crippen molar-refractivity contribution in [1.82, 2.24) is 0 Å². The molecule has 26 heavy (non-hydrogen) atoms. The first kappa shape index (κ1) is 19.2. The summed E-state index contributed by atoms with van der Waals surface area (Å²) in [6, 6.07) is 6.72. The van der Waals surface area contributed by atoms with Crippen molar-refractivity contribution in [3.63, 3.8) is 0 Å². The Morgan fingerprint density at radius 1 is 1.31 bits per heavy atom. The highest BCUT2D eigenvalue weighted by Gasteiger charge is 2.13. The molecular formula is C21H22O5. The van der Waals surface area contributed by atoms with Crippen LogP contribution in [0.5, 0.6) is 5.75 Å². The SMILES string of the molecule is C=C/C=c1/oc(=O)c(Cc2ccc(C(=O)OCCC)cc2)c(O)/c1=C/C. The van der Waals surface area contributed by atoms with Crippen LogP contribution in [0.2, 0.25) is 0 Å². The molecule has 0 radical (unpaired) electrons. The Kier molecular flexibility index (Phi) is 6.55. The van der Waals surface area contributed by atoms with Gasteiger partial charge in [0.1, 0.15) is 11.2 Å². The van der Waals surface area contributed by atoms with Crippen LogP contribution in [0.3, 0.4) is 0 Å². The minimum absolute atomic E-state index is 0.108. The minimum atomic E-state index is -0.604. The van der Waals surface area contributed by atoms with E-state index in [2.05, 4.69) is 6.58 Å². The summed E-state index contributed by atoms with van der Waals surface area (Å²) >= 11 is 0. The van der Waals surface area contributed by atoms with Gasteiger partial charge in [0.2, 0.25) is 0 Å². The summed E-state index contributed by atoms with van der Waals surface area (Å²) < 4.78 is 10.4. The second-order valence-electron chi connectivity index (χ2n) is 5.70.